The molecule has 4 N–H and O–H groups in total. The van der Waals surface area contributed by atoms with E-state index in [1.54, 1.807) is 0 Å². The number of H-pyrrole nitrogens is 1. The van der Waals surface area contributed by atoms with Crippen molar-refractivity contribution in [2.75, 3.05) is 0 Å². The molecule has 0 aliphatic rings. The third kappa shape index (κ3) is 2.99. The number of nitriles is 1. The highest BCUT2D eigenvalue weighted by Gasteiger charge is 2.15. The minimum atomic E-state index is -0.257. The molecule has 5 heteroatoms. The van der Waals surface area contributed by atoms with Crippen molar-refractivity contribution < 1.29 is 5.73 Å². The van der Waals surface area contributed by atoms with Crippen LogP contribution in [0.3, 0.4) is 0 Å². The van der Waals surface area contributed by atoms with Gasteiger partial charge in [0, 0.05) is 22.9 Å². The van der Waals surface area contributed by atoms with Gasteiger partial charge in [-0.2, -0.15) is 5.26 Å². The van der Waals surface area contributed by atoms with Crippen LogP contribution in [0.25, 0.3) is 33.3 Å². The summed E-state index contributed by atoms with van der Waals surface area (Å²) in [5, 5.41) is 9.83. The Bertz CT molecular complexity index is 1220. The van der Waals surface area contributed by atoms with Crippen molar-refractivity contribution in [1.82, 2.24) is 9.97 Å². The lowest BCUT2D eigenvalue weighted by molar-refractivity contribution is -0.386. The number of quaternary nitrogens is 1. The van der Waals surface area contributed by atoms with E-state index in [2.05, 4.69) is 16.8 Å². The molecule has 0 aliphatic heterocycles. The van der Waals surface area contributed by atoms with E-state index in [0.29, 0.717) is 23.0 Å². The summed E-state index contributed by atoms with van der Waals surface area (Å²) in [7, 11) is 0. The zero-order chi connectivity index (χ0) is 18.8. The molecule has 5 nitrogen and oxygen atoms in total. The molecule has 0 amide bonds. The Kier molecular flexibility index (Phi) is 4.25. The molecule has 0 unspecified atom stereocenters. The van der Waals surface area contributed by atoms with Crippen molar-refractivity contribution in [3.05, 3.63) is 88.3 Å². The van der Waals surface area contributed by atoms with E-state index in [4.69, 9.17) is 4.98 Å². The fourth-order valence-corrected chi connectivity index (χ4v) is 3.15. The van der Waals surface area contributed by atoms with Crippen molar-refractivity contribution in [2.24, 2.45) is 0 Å². The Morgan fingerprint density at radius 3 is 2.44 bits per heavy atom. The smallest absolute Gasteiger partial charge is 0.257 e. The van der Waals surface area contributed by atoms with Gasteiger partial charge in [0.2, 0.25) is 0 Å². The van der Waals surface area contributed by atoms with Gasteiger partial charge < -0.3 is 10.7 Å². The van der Waals surface area contributed by atoms with E-state index >= 15 is 0 Å². The first-order valence-corrected chi connectivity index (χ1v) is 8.62. The van der Waals surface area contributed by atoms with E-state index < -0.39 is 0 Å². The number of fused-ring (bicyclic) bond motifs is 1. The Hall–Kier alpha value is -3.75. The van der Waals surface area contributed by atoms with Gasteiger partial charge in [0.25, 0.3) is 5.56 Å². The molecule has 0 saturated carbocycles. The summed E-state index contributed by atoms with van der Waals surface area (Å²) in [6, 6.07) is 21.8. The monoisotopic (exact) mass is 353 g/mol. The van der Waals surface area contributed by atoms with Crippen molar-refractivity contribution in [1.29, 1.82) is 5.26 Å². The molecule has 0 atom stereocenters. The predicted octanol–water partition coefficient (Wildman–Crippen LogP) is 2.87. The van der Waals surface area contributed by atoms with Crippen LogP contribution in [-0.4, -0.2) is 9.97 Å². The molecule has 0 radical (unpaired) electrons. The zero-order valence-electron chi connectivity index (χ0n) is 14.6. The third-order valence-electron chi connectivity index (χ3n) is 4.59. The molecular weight excluding hydrogens is 336 g/mol. The third-order valence-corrected chi connectivity index (χ3v) is 4.59. The molecule has 130 valence electrons. The number of hydrogen-bond donors (Lipinski definition) is 2. The number of benzene rings is 2. The summed E-state index contributed by atoms with van der Waals surface area (Å²) in [5.41, 5.74) is 9.03. The lowest BCUT2D eigenvalue weighted by Gasteiger charge is -2.12. The number of hydrogen-bond acceptors (Lipinski definition) is 3. The number of nitrogens with zero attached hydrogens (tertiary/aromatic N) is 2. The maximum atomic E-state index is 12.3. The molecule has 4 rings (SSSR count). The molecule has 0 saturated heterocycles. The van der Waals surface area contributed by atoms with Gasteiger partial charge in [-0.1, -0.05) is 54.6 Å². The summed E-state index contributed by atoms with van der Waals surface area (Å²) < 4.78 is 0. The molecule has 0 spiro atoms. The largest absolute Gasteiger partial charge is 0.354 e. The first kappa shape index (κ1) is 16.7. The molecule has 27 heavy (non-hydrogen) atoms. The van der Waals surface area contributed by atoms with E-state index in [1.165, 1.54) is 6.20 Å². The second-order valence-electron chi connectivity index (χ2n) is 6.24. The first-order valence-electron chi connectivity index (χ1n) is 8.62. The van der Waals surface area contributed by atoms with Crippen molar-refractivity contribution in [3.8, 4) is 28.5 Å². The maximum Gasteiger partial charge on any atom is 0.257 e. The highest BCUT2D eigenvalue weighted by Crippen LogP contribution is 2.33. The summed E-state index contributed by atoms with van der Waals surface area (Å²) in [4.78, 5) is 19.7. The highest BCUT2D eigenvalue weighted by molar-refractivity contribution is 5.93. The Morgan fingerprint density at radius 2 is 1.78 bits per heavy atom. The average Bonchev–Trinajstić information content (AvgIpc) is 2.74. The molecular formula is C22H17N4O+. The Balaban J connectivity index is 2.07. The minimum absolute atomic E-state index is 0.257. The fourth-order valence-electron chi connectivity index (χ4n) is 3.15. The first-order chi connectivity index (χ1) is 13.2. The number of aromatic amines is 1. The van der Waals surface area contributed by atoms with Crippen LogP contribution in [0.15, 0.2) is 71.7 Å². The molecule has 2 aromatic carbocycles. The maximum absolute atomic E-state index is 12.3. The van der Waals surface area contributed by atoms with Crippen LogP contribution < -0.4 is 11.3 Å². The number of nitrogens with one attached hydrogen (secondary N) is 1. The summed E-state index contributed by atoms with van der Waals surface area (Å²) in [5.74, 6) is 0. The Morgan fingerprint density at radius 1 is 1.04 bits per heavy atom. The second-order valence-corrected chi connectivity index (χ2v) is 6.24. The van der Waals surface area contributed by atoms with E-state index in [1.807, 2.05) is 60.7 Å². The SMILES string of the molecule is N#Cc1c[nH]c(=O)c2cc(-c3ccccc3)c(-c3ccc(C[NH3+])cc3)nc12. The average molecular weight is 353 g/mol. The number of pyridine rings is 2. The van der Waals surface area contributed by atoms with Gasteiger partial charge in [0.05, 0.1) is 28.7 Å². The molecule has 0 aliphatic carbocycles. The highest BCUT2D eigenvalue weighted by atomic mass is 16.1. The fraction of sp³-hybridized carbons (Fsp3) is 0.0455. The quantitative estimate of drug-likeness (QED) is 0.592. The summed E-state index contributed by atoms with van der Waals surface area (Å²) in [6.07, 6.45) is 1.41. The van der Waals surface area contributed by atoms with Crippen LogP contribution in [0.1, 0.15) is 11.1 Å². The summed E-state index contributed by atoms with van der Waals surface area (Å²) >= 11 is 0. The van der Waals surface area contributed by atoms with Gasteiger partial charge in [-0.05, 0) is 11.6 Å². The predicted molar refractivity (Wildman–Crippen MR) is 105 cm³/mol. The summed E-state index contributed by atoms with van der Waals surface area (Å²) in [6.45, 7) is 0.713. The van der Waals surface area contributed by atoms with Crippen molar-refractivity contribution in [2.45, 2.75) is 6.54 Å². The van der Waals surface area contributed by atoms with Crippen LogP contribution in [0.2, 0.25) is 0 Å². The van der Waals surface area contributed by atoms with Gasteiger partial charge in [-0.25, -0.2) is 4.98 Å². The van der Waals surface area contributed by atoms with Gasteiger partial charge in [0.1, 0.15) is 6.07 Å². The van der Waals surface area contributed by atoms with Crippen LogP contribution >= 0.6 is 0 Å². The second kappa shape index (κ2) is 6.87. The van der Waals surface area contributed by atoms with Gasteiger partial charge in [-0.3, -0.25) is 4.79 Å². The van der Waals surface area contributed by atoms with Crippen LogP contribution in [0.5, 0.6) is 0 Å². The molecule has 2 heterocycles. The van der Waals surface area contributed by atoms with Gasteiger partial charge in [-0.15, -0.1) is 0 Å². The van der Waals surface area contributed by atoms with Crippen LogP contribution in [-0.2, 0) is 6.54 Å². The van der Waals surface area contributed by atoms with E-state index in [-0.39, 0.29) is 5.56 Å². The standard InChI is InChI=1S/C22H16N4O/c23-11-14-6-8-16(9-7-14)20-18(15-4-2-1-3-5-15)10-19-21(26-20)17(12-24)13-25-22(19)27/h1-10,13H,11,23H2,(H,25,27)/p+1. The zero-order valence-corrected chi connectivity index (χ0v) is 14.6. The van der Waals surface area contributed by atoms with Crippen molar-refractivity contribution in [3.63, 3.8) is 0 Å². The van der Waals surface area contributed by atoms with Crippen LogP contribution in [0, 0.1) is 11.3 Å². The molecule has 0 bridgehead atoms. The number of aromatic nitrogens is 2. The number of rotatable bonds is 3. The molecule has 4 aromatic rings. The van der Waals surface area contributed by atoms with Crippen molar-refractivity contribution >= 4 is 10.9 Å². The molecule has 0 fully saturated rings. The minimum Gasteiger partial charge on any atom is -0.354 e. The van der Waals surface area contributed by atoms with E-state index in [0.717, 1.165) is 27.9 Å². The van der Waals surface area contributed by atoms with Gasteiger partial charge >= 0.3 is 0 Å². The van der Waals surface area contributed by atoms with E-state index in [9.17, 15) is 10.1 Å². The lowest BCUT2D eigenvalue weighted by atomic mass is 9.96. The lowest BCUT2D eigenvalue weighted by Crippen LogP contribution is -2.47. The normalized spacial score (nSPS) is 10.7. The van der Waals surface area contributed by atoms with Crippen LogP contribution in [0.4, 0.5) is 0 Å². The molecule has 2 aromatic heterocycles. The topological polar surface area (TPSA) is 97.2 Å². The van der Waals surface area contributed by atoms with Gasteiger partial charge in [0.15, 0.2) is 0 Å². The Labute approximate surface area is 155 Å².